The SMILES string of the molecule is COC1N=NC(O)=C2CC=CC=C21. The van der Waals surface area contributed by atoms with Crippen molar-refractivity contribution in [2.45, 2.75) is 12.6 Å². The van der Waals surface area contributed by atoms with E-state index in [2.05, 4.69) is 10.2 Å². The molecule has 1 aliphatic heterocycles. The predicted octanol–water partition coefficient (Wildman–Crippen LogP) is 2.08. The van der Waals surface area contributed by atoms with Crippen LogP contribution in [-0.2, 0) is 4.74 Å². The molecule has 0 aromatic carbocycles. The molecule has 0 saturated heterocycles. The highest BCUT2D eigenvalue weighted by Gasteiger charge is 2.24. The van der Waals surface area contributed by atoms with Crippen molar-refractivity contribution in [3.05, 3.63) is 35.3 Å². The first kappa shape index (κ1) is 8.19. The molecule has 0 aromatic rings. The molecule has 1 atom stereocenters. The topological polar surface area (TPSA) is 54.2 Å². The average Bonchev–Trinajstić information content (AvgIpc) is 2.19. The molecule has 0 spiro atoms. The number of nitrogens with zero attached hydrogens (tertiary/aromatic N) is 2. The number of methoxy groups -OCH3 is 1. The Bertz CT molecular complexity index is 340. The van der Waals surface area contributed by atoms with E-state index in [0.717, 1.165) is 11.1 Å². The fraction of sp³-hybridized carbons (Fsp3) is 0.333. The predicted molar refractivity (Wildman–Crippen MR) is 47.1 cm³/mol. The molecular formula is C9H10N2O2. The summed E-state index contributed by atoms with van der Waals surface area (Å²) in [4.78, 5) is 0. The second-order valence-corrected chi connectivity index (χ2v) is 2.86. The van der Waals surface area contributed by atoms with Crippen LogP contribution in [0.5, 0.6) is 0 Å². The highest BCUT2D eigenvalue weighted by atomic mass is 16.5. The van der Waals surface area contributed by atoms with E-state index < -0.39 is 0 Å². The number of aliphatic hydroxyl groups excluding tert-OH is 1. The van der Waals surface area contributed by atoms with Crippen LogP contribution in [0, 0.1) is 0 Å². The number of fused-ring (bicyclic) bond motifs is 1. The van der Waals surface area contributed by atoms with Gasteiger partial charge < -0.3 is 9.84 Å². The van der Waals surface area contributed by atoms with Crippen molar-refractivity contribution in [1.29, 1.82) is 0 Å². The summed E-state index contributed by atoms with van der Waals surface area (Å²) >= 11 is 0. The molecule has 4 heteroatoms. The van der Waals surface area contributed by atoms with E-state index >= 15 is 0 Å². The van der Waals surface area contributed by atoms with Crippen molar-refractivity contribution in [3.8, 4) is 0 Å². The first-order chi connectivity index (χ1) is 6.33. The van der Waals surface area contributed by atoms with Crippen LogP contribution in [0.4, 0.5) is 0 Å². The molecular weight excluding hydrogens is 168 g/mol. The zero-order chi connectivity index (χ0) is 9.26. The minimum Gasteiger partial charge on any atom is -0.492 e. The van der Waals surface area contributed by atoms with E-state index in [9.17, 15) is 5.11 Å². The molecule has 0 saturated carbocycles. The van der Waals surface area contributed by atoms with Crippen LogP contribution in [0.25, 0.3) is 0 Å². The second kappa shape index (κ2) is 3.14. The summed E-state index contributed by atoms with van der Waals surface area (Å²) in [5.41, 5.74) is 1.71. The van der Waals surface area contributed by atoms with Crippen LogP contribution in [0.1, 0.15) is 6.42 Å². The molecule has 1 heterocycles. The fourth-order valence-electron chi connectivity index (χ4n) is 1.43. The molecule has 13 heavy (non-hydrogen) atoms. The fourth-order valence-corrected chi connectivity index (χ4v) is 1.43. The van der Waals surface area contributed by atoms with E-state index in [1.54, 1.807) is 7.11 Å². The molecule has 68 valence electrons. The third-order valence-electron chi connectivity index (χ3n) is 2.10. The Hall–Kier alpha value is -1.42. The smallest absolute Gasteiger partial charge is 0.234 e. The van der Waals surface area contributed by atoms with Crippen molar-refractivity contribution in [3.63, 3.8) is 0 Å². The van der Waals surface area contributed by atoms with E-state index in [1.165, 1.54) is 0 Å². The van der Waals surface area contributed by atoms with Crippen molar-refractivity contribution < 1.29 is 9.84 Å². The molecule has 0 radical (unpaired) electrons. The highest BCUT2D eigenvalue weighted by molar-refractivity contribution is 5.43. The Morgan fingerprint density at radius 3 is 3.23 bits per heavy atom. The molecule has 0 bridgehead atoms. The van der Waals surface area contributed by atoms with Crippen LogP contribution < -0.4 is 0 Å². The van der Waals surface area contributed by atoms with Gasteiger partial charge in [-0.15, -0.1) is 10.2 Å². The normalized spacial score (nSPS) is 25.9. The molecule has 0 fully saturated rings. The van der Waals surface area contributed by atoms with Gasteiger partial charge in [0.1, 0.15) is 0 Å². The molecule has 4 nitrogen and oxygen atoms in total. The number of rotatable bonds is 1. The molecule has 0 aromatic heterocycles. The van der Waals surface area contributed by atoms with E-state index in [-0.39, 0.29) is 12.1 Å². The summed E-state index contributed by atoms with van der Waals surface area (Å²) in [6, 6.07) is 0. The third kappa shape index (κ3) is 1.29. The summed E-state index contributed by atoms with van der Waals surface area (Å²) in [6.07, 6.45) is 6.11. The maximum atomic E-state index is 9.41. The number of ether oxygens (including phenoxy) is 1. The zero-order valence-corrected chi connectivity index (χ0v) is 7.27. The number of allylic oxidation sites excluding steroid dienone is 3. The molecule has 0 amide bonds. The van der Waals surface area contributed by atoms with Gasteiger partial charge in [0.2, 0.25) is 5.88 Å². The monoisotopic (exact) mass is 178 g/mol. The van der Waals surface area contributed by atoms with Crippen LogP contribution in [0.3, 0.4) is 0 Å². The second-order valence-electron chi connectivity index (χ2n) is 2.86. The van der Waals surface area contributed by atoms with Gasteiger partial charge in [0, 0.05) is 18.3 Å². The lowest BCUT2D eigenvalue weighted by Gasteiger charge is -2.21. The summed E-state index contributed by atoms with van der Waals surface area (Å²) in [5, 5.41) is 16.8. The molecule has 1 N–H and O–H groups in total. The lowest BCUT2D eigenvalue weighted by molar-refractivity contribution is 0.128. The number of hydrogen-bond donors (Lipinski definition) is 1. The molecule has 2 rings (SSSR count). The summed E-state index contributed by atoms with van der Waals surface area (Å²) in [5.74, 6) is 0.00361. The van der Waals surface area contributed by atoms with Crippen LogP contribution in [0.15, 0.2) is 45.5 Å². The summed E-state index contributed by atoms with van der Waals surface area (Å²) < 4.78 is 5.10. The Morgan fingerprint density at radius 1 is 1.62 bits per heavy atom. The minimum absolute atomic E-state index is 0.00361. The number of aliphatic hydroxyl groups is 1. The first-order valence-electron chi connectivity index (χ1n) is 4.06. The quantitative estimate of drug-likeness (QED) is 0.668. The minimum atomic E-state index is -0.365. The van der Waals surface area contributed by atoms with E-state index in [0.29, 0.717) is 6.42 Å². The average molecular weight is 178 g/mol. The first-order valence-corrected chi connectivity index (χ1v) is 4.06. The van der Waals surface area contributed by atoms with Gasteiger partial charge in [0.15, 0.2) is 6.23 Å². The van der Waals surface area contributed by atoms with Crippen LogP contribution >= 0.6 is 0 Å². The van der Waals surface area contributed by atoms with Crippen molar-refractivity contribution in [2.75, 3.05) is 7.11 Å². The summed E-state index contributed by atoms with van der Waals surface area (Å²) in [6.45, 7) is 0. The Morgan fingerprint density at radius 2 is 2.46 bits per heavy atom. The van der Waals surface area contributed by atoms with Crippen LogP contribution in [0.2, 0.25) is 0 Å². The summed E-state index contributed by atoms with van der Waals surface area (Å²) in [7, 11) is 1.57. The van der Waals surface area contributed by atoms with Crippen molar-refractivity contribution >= 4 is 0 Å². The van der Waals surface area contributed by atoms with Gasteiger partial charge in [0.05, 0.1) is 0 Å². The van der Waals surface area contributed by atoms with Gasteiger partial charge >= 0.3 is 0 Å². The molecule has 1 aliphatic carbocycles. The largest absolute Gasteiger partial charge is 0.492 e. The Labute approximate surface area is 75.9 Å². The van der Waals surface area contributed by atoms with Gasteiger partial charge in [-0.1, -0.05) is 18.2 Å². The third-order valence-corrected chi connectivity index (χ3v) is 2.10. The van der Waals surface area contributed by atoms with Gasteiger partial charge in [0.25, 0.3) is 0 Å². The maximum Gasteiger partial charge on any atom is 0.234 e. The Kier molecular flexibility index (Phi) is 1.98. The standard InChI is InChI=1S/C9H10N2O2/c1-13-9-7-5-3-2-4-6(7)8(12)10-11-9/h2-3,5,9,12H,4H2,1H3. The maximum absolute atomic E-state index is 9.41. The van der Waals surface area contributed by atoms with Crippen LogP contribution in [-0.4, -0.2) is 18.4 Å². The van der Waals surface area contributed by atoms with E-state index in [4.69, 9.17) is 4.74 Å². The number of azo groups is 1. The molecule has 1 unspecified atom stereocenters. The number of hydrogen-bond acceptors (Lipinski definition) is 4. The van der Waals surface area contributed by atoms with Crippen molar-refractivity contribution in [2.24, 2.45) is 10.2 Å². The molecule has 2 aliphatic rings. The van der Waals surface area contributed by atoms with Gasteiger partial charge in [-0.05, 0) is 6.42 Å². The highest BCUT2D eigenvalue weighted by Crippen LogP contribution is 2.30. The van der Waals surface area contributed by atoms with E-state index in [1.807, 2.05) is 18.2 Å². The lowest BCUT2D eigenvalue weighted by atomic mass is 9.96. The zero-order valence-electron chi connectivity index (χ0n) is 7.27. The van der Waals surface area contributed by atoms with Gasteiger partial charge in [-0.3, -0.25) is 0 Å². The van der Waals surface area contributed by atoms with Gasteiger partial charge in [-0.25, -0.2) is 0 Å². The van der Waals surface area contributed by atoms with Gasteiger partial charge in [-0.2, -0.15) is 0 Å². The Balaban J connectivity index is 2.42. The lowest BCUT2D eigenvalue weighted by Crippen LogP contribution is -2.17. The van der Waals surface area contributed by atoms with Crippen molar-refractivity contribution in [1.82, 2.24) is 0 Å².